The lowest BCUT2D eigenvalue weighted by Gasteiger charge is -2.09. The zero-order valence-electron chi connectivity index (χ0n) is 12.7. The van der Waals surface area contributed by atoms with E-state index < -0.39 is 5.97 Å². The first-order chi connectivity index (χ1) is 11.2. The Balaban J connectivity index is 1.82. The first-order valence-electron chi connectivity index (χ1n) is 6.90. The molecule has 118 valence electrons. The fourth-order valence-corrected chi connectivity index (χ4v) is 2.16. The molecule has 7 heteroatoms. The number of pyridine rings is 1. The Morgan fingerprint density at radius 2 is 1.91 bits per heavy atom. The van der Waals surface area contributed by atoms with Crippen LogP contribution in [0.15, 0.2) is 42.6 Å². The van der Waals surface area contributed by atoms with Crippen LogP contribution in [0.1, 0.15) is 16.2 Å². The molecule has 0 spiro atoms. The van der Waals surface area contributed by atoms with E-state index in [1.54, 1.807) is 29.8 Å². The van der Waals surface area contributed by atoms with Crippen LogP contribution in [0.3, 0.4) is 0 Å². The fraction of sp³-hybridized carbons (Fsp3) is 0.188. The smallest absolute Gasteiger partial charge is 0.338 e. The molecule has 23 heavy (non-hydrogen) atoms. The van der Waals surface area contributed by atoms with Crippen LogP contribution in [0.5, 0.6) is 11.5 Å². The van der Waals surface area contributed by atoms with Gasteiger partial charge < -0.3 is 14.2 Å². The molecule has 0 aliphatic heterocycles. The van der Waals surface area contributed by atoms with E-state index in [-0.39, 0.29) is 6.61 Å². The second-order valence-electron chi connectivity index (χ2n) is 4.69. The molecular weight excluding hydrogens is 298 g/mol. The van der Waals surface area contributed by atoms with Gasteiger partial charge in [0, 0.05) is 6.20 Å². The minimum absolute atomic E-state index is 0.221. The normalized spacial score (nSPS) is 10.5. The molecule has 0 unspecified atom stereocenters. The van der Waals surface area contributed by atoms with Crippen LogP contribution in [0, 0.1) is 0 Å². The molecular formula is C16H15N3O4. The average Bonchev–Trinajstić information content (AvgIpc) is 3.01. The molecule has 2 aromatic heterocycles. The van der Waals surface area contributed by atoms with Crippen molar-refractivity contribution in [2.24, 2.45) is 0 Å². The van der Waals surface area contributed by atoms with Crippen molar-refractivity contribution in [3.05, 3.63) is 54.0 Å². The Labute approximate surface area is 132 Å². The molecule has 3 aromatic rings. The number of para-hydroxylation sites is 2. The summed E-state index contributed by atoms with van der Waals surface area (Å²) in [5, 5.41) is 8.13. The van der Waals surface area contributed by atoms with E-state index in [2.05, 4.69) is 14.9 Å². The number of benzene rings is 1. The third-order valence-corrected chi connectivity index (χ3v) is 3.33. The Morgan fingerprint density at radius 3 is 2.65 bits per heavy atom. The Bertz CT molecular complexity index is 844. The number of carbonyl (C=O) groups is 1. The number of hydrogen-bond donors (Lipinski definition) is 0. The summed E-state index contributed by atoms with van der Waals surface area (Å²) in [4.78, 5) is 11.5. The summed E-state index contributed by atoms with van der Waals surface area (Å²) in [7, 11) is 2.92. The summed E-state index contributed by atoms with van der Waals surface area (Å²) >= 11 is 0. The van der Waals surface area contributed by atoms with Gasteiger partial charge in [-0.05, 0) is 24.3 Å². The van der Waals surface area contributed by atoms with Crippen molar-refractivity contribution in [1.82, 2.24) is 14.6 Å². The van der Waals surface area contributed by atoms with Crippen molar-refractivity contribution in [3.8, 4) is 11.5 Å². The Morgan fingerprint density at radius 1 is 1.13 bits per heavy atom. The Kier molecular flexibility index (Phi) is 4.09. The number of ether oxygens (including phenoxy) is 3. The zero-order chi connectivity index (χ0) is 16.2. The summed E-state index contributed by atoms with van der Waals surface area (Å²) in [5.74, 6) is 1.47. The van der Waals surface area contributed by atoms with E-state index in [0.717, 1.165) is 0 Å². The van der Waals surface area contributed by atoms with Gasteiger partial charge in [0.1, 0.15) is 6.61 Å². The van der Waals surface area contributed by atoms with Gasteiger partial charge in [-0.3, -0.25) is 4.40 Å². The van der Waals surface area contributed by atoms with E-state index in [0.29, 0.717) is 28.5 Å². The lowest BCUT2D eigenvalue weighted by Crippen LogP contribution is -2.04. The fourth-order valence-electron chi connectivity index (χ4n) is 2.16. The first kappa shape index (κ1) is 14.8. The number of hydrogen-bond acceptors (Lipinski definition) is 6. The molecule has 0 fully saturated rings. The van der Waals surface area contributed by atoms with Gasteiger partial charge in [-0.1, -0.05) is 12.1 Å². The molecule has 0 saturated carbocycles. The Hall–Kier alpha value is -3.09. The number of esters is 1. The molecule has 0 atom stereocenters. The third kappa shape index (κ3) is 2.94. The number of fused-ring (bicyclic) bond motifs is 1. The monoisotopic (exact) mass is 313 g/mol. The van der Waals surface area contributed by atoms with Crippen LogP contribution in [0.25, 0.3) is 5.65 Å². The summed E-state index contributed by atoms with van der Waals surface area (Å²) in [6.45, 7) is 0.221. The highest BCUT2D eigenvalue weighted by atomic mass is 16.5. The highest BCUT2D eigenvalue weighted by molar-refractivity contribution is 5.90. The van der Waals surface area contributed by atoms with Crippen LogP contribution >= 0.6 is 0 Å². The largest absolute Gasteiger partial charge is 0.493 e. The summed E-state index contributed by atoms with van der Waals surface area (Å²) in [6.07, 6.45) is 1.71. The molecule has 0 aliphatic rings. The minimum atomic E-state index is -0.415. The van der Waals surface area contributed by atoms with Crippen molar-refractivity contribution in [2.45, 2.75) is 6.61 Å². The van der Waals surface area contributed by atoms with Crippen molar-refractivity contribution in [1.29, 1.82) is 0 Å². The van der Waals surface area contributed by atoms with Crippen LogP contribution < -0.4 is 9.47 Å². The summed E-state index contributed by atoms with van der Waals surface area (Å²) < 4.78 is 17.4. The van der Waals surface area contributed by atoms with Crippen molar-refractivity contribution in [2.75, 3.05) is 14.2 Å². The summed E-state index contributed by atoms with van der Waals surface area (Å²) in [6, 6.07) is 10.6. The maximum Gasteiger partial charge on any atom is 0.338 e. The number of methoxy groups -OCH3 is 2. The van der Waals surface area contributed by atoms with Crippen molar-refractivity contribution in [3.63, 3.8) is 0 Å². The molecule has 3 rings (SSSR count). The van der Waals surface area contributed by atoms with E-state index in [1.807, 2.05) is 24.3 Å². The molecule has 2 heterocycles. The SMILES string of the molecule is COC(=O)c1ccn2c(COc3ccccc3OC)nnc2c1. The predicted molar refractivity (Wildman–Crippen MR) is 81.7 cm³/mol. The van der Waals surface area contributed by atoms with Crippen LogP contribution in [-0.4, -0.2) is 34.8 Å². The average molecular weight is 313 g/mol. The first-order valence-corrected chi connectivity index (χ1v) is 6.90. The maximum absolute atomic E-state index is 11.5. The lowest BCUT2D eigenvalue weighted by atomic mass is 10.2. The topological polar surface area (TPSA) is 75.0 Å². The van der Waals surface area contributed by atoms with E-state index in [9.17, 15) is 4.79 Å². The van der Waals surface area contributed by atoms with Crippen LogP contribution in [0.4, 0.5) is 0 Å². The van der Waals surface area contributed by atoms with E-state index in [1.165, 1.54) is 7.11 Å². The molecule has 0 amide bonds. The second kappa shape index (κ2) is 6.35. The summed E-state index contributed by atoms with van der Waals surface area (Å²) in [5.41, 5.74) is 0.969. The number of aromatic nitrogens is 3. The number of nitrogens with zero attached hydrogens (tertiary/aromatic N) is 3. The van der Waals surface area contributed by atoms with Gasteiger partial charge in [0.25, 0.3) is 0 Å². The van der Waals surface area contributed by atoms with Gasteiger partial charge in [-0.2, -0.15) is 0 Å². The van der Waals surface area contributed by atoms with Crippen molar-refractivity contribution >= 4 is 11.6 Å². The molecule has 0 radical (unpaired) electrons. The maximum atomic E-state index is 11.5. The predicted octanol–water partition coefficient (Wildman–Crippen LogP) is 2.10. The van der Waals surface area contributed by atoms with Crippen LogP contribution in [-0.2, 0) is 11.3 Å². The van der Waals surface area contributed by atoms with Gasteiger partial charge in [-0.15, -0.1) is 10.2 Å². The lowest BCUT2D eigenvalue weighted by molar-refractivity contribution is 0.0600. The van der Waals surface area contributed by atoms with Crippen LogP contribution in [0.2, 0.25) is 0 Å². The van der Waals surface area contributed by atoms with Crippen molar-refractivity contribution < 1.29 is 19.0 Å². The molecule has 0 aliphatic carbocycles. The van der Waals surface area contributed by atoms with Gasteiger partial charge in [0.15, 0.2) is 23.0 Å². The highest BCUT2D eigenvalue weighted by Crippen LogP contribution is 2.26. The van der Waals surface area contributed by atoms with Gasteiger partial charge in [-0.25, -0.2) is 4.79 Å². The molecule has 1 aromatic carbocycles. The number of rotatable bonds is 5. The van der Waals surface area contributed by atoms with E-state index >= 15 is 0 Å². The van der Waals surface area contributed by atoms with Gasteiger partial charge in [0.05, 0.1) is 19.8 Å². The molecule has 0 bridgehead atoms. The molecule has 7 nitrogen and oxygen atoms in total. The van der Waals surface area contributed by atoms with E-state index in [4.69, 9.17) is 9.47 Å². The number of carbonyl (C=O) groups excluding carboxylic acids is 1. The second-order valence-corrected chi connectivity index (χ2v) is 4.69. The molecule has 0 N–H and O–H groups in total. The van der Waals surface area contributed by atoms with Gasteiger partial charge in [0.2, 0.25) is 0 Å². The van der Waals surface area contributed by atoms with Gasteiger partial charge >= 0.3 is 5.97 Å². The minimum Gasteiger partial charge on any atom is -0.493 e. The zero-order valence-corrected chi connectivity index (χ0v) is 12.7. The molecule has 0 saturated heterocycles. The highest BCUT2D eigenvalue weighted by Gasteiger charge is 2.11. The quantitative estimate of drug-likeness (QED) is 0.672. The third-order valence-electron chi connectivity index (χ3n) is 3.33. The standard InChI is InChI=1S/C16H15N3O4/c1-21-12-5-3-4-6-13(12)23-10-15-18-17-14-9-11(16(20)22-2)7-8-19(14)15/h3-9H,10H2,1-2H3.